The first kappa shape index (κ1) is 13.0. The van der Waals surface area contributed by atoms with Gasteiger partial charge in [0.15, 0.2) is 5.76 Å². The minimum absolute atomic E-state index is 0.0183. The van der Waals surface area contributed by atoms with Crippen LogP contribution < -0.4 is 0 Å². The van der Waals surface area contributed by atoms with Gasteiger partial charge in [-0.3, -0.25) is 0 Å². The normalized spacial score (nSPS) is 39.1. The standard InChI is InChI=1S/C15H22O4/c1-10(18-3-2-16)14(17)19-15-7-11-4-12(8-15)6-13(5-11)9-15/h11-13,16H,1-9H2. The van der Waals surface area contributed by atoms with Crippen LogP contribution in [0.5, 0.6) is 0 Å². The van der Waals surface area contributed by atoms with Crippen LogP contribution in [-0.2, 0) is 14.3 Å². The van der Waals surface area contributed by atoms with Crippen molar-refractivity contribution in [3.05, 3.63) is 12.3 Å². The van der Waals surface area contributed by atoms with Crippen molar-refractivity contribution in [2.45, 2.75) is 44.1 Å². The molecule has 0 aromatic heterocycles. The molecule has 1 N–H and O–H groups in total. The minimum atomic E-state index is -0.449. The second-order valence-corrected chi connectivity index (χ2v) is 6.49. The second-order valence-electron chi connectivity index (χ2n) is 6.49. The molecule has 0 heterocycles. The van der Waals surface area contributed by atoms with E-state index in [1.165, 1.54) is 19.3 Å². The van der Waals surface area contributed by atoms with E-state index < -0.39 is 5.97 Å². The largest absolute Gasteiger partial charge is 0.485 e. The Balaban J connectivity index is 1.63. The first-order chi connectivity index (χ1) is 9.10. The maximum absolute atomic E-state index is 12.0. The zero-order valence-corrected chi connectivity index (χ0v) is 11.3. The highest BCUT2D eigenvalue weighted by atomic mass is 16.6. The first-order valence-electron chi connectivity index (χ1n) is 7.26. The van der Waals surface area contributed by atoms with E-state index in [2.05, 4.69) is 6.58 Å². The van der Waals surface area contributed by atoms with Crippen LogP contribution in [0.15, 0.2) is 12.3 Å². The van der Waals surface area contributed by atoms with Crippen molar-refractivity contribution < 1.29 is 19.4 Å². The van der Waals surface area contributed by atoms with Crippen molar-refractivity contribution in [3.8, 4) is 0 Å². The predicted octanol–water partition coefficient (Wildman–Crippen LogP) is 2.02. The number of carbonyl (C=O) groups excluding carboxylic acids is 1. The van der Waals surface area contributed by atoms with E-state index in [-0.39, 0.29) is 24.6 Å². The third-order valence-electron chi connectivity index (χ3n) is 4.89. The summed E-state index contributed by atoms with van der Waals surface area (Å²) in [5.41, 5.74) is -0.253. The van der Waals surface area contributed by atoms with Crippen LogP contribution >= 0.6 is 0 Å². The summed E-state index contributed by atoms with van der Waals surface area (Å²) in [6.07, 6.45) is 6.99. The van der Waals surface area contributed by atoms with Crippen molar-refractivity contribution >= 4 is 5.97 Å². The van der Waals surface area contributed by atoms with E-state index in [1.807, 2.05) is 0 Å². The van der Waals surface area contributed by atoms with Crippen LogP contribution in [0.1, 0.15) is 38.5 Å². The summed E-state index contributed by atoms with van der Waals surface area (Å²) >= 11 is 0. The summed E-state index contributed by atoms with van der Waals surface area (Å²) in [6.45, 7) is 3.55. The zero-order valence-electron chi connectivity index (χ0n) is 11.3. The van der Waals surface area contributed by atoms with Gasteiger partial charge in [-0.2, -0.15) is 0 Å². The lowest BCUT2D eigenvalue weighted by molar-refractivity contribution is -0.185. The first-order valence-corrected chi connectivity index (χ1v) is 7.26. The smallest absolute Gasteiger partial charge is 0.373 e. The van der Waals surface area contributed by atoms with Crippen molar-refractivity contribution in [2.24, 2.45) is 17.8 Å². The number of rotatable bonds is 5. The Kier molecular flexibility index (Phi) is 3.29. The van der Waals surface area contributed by atoms with E-state index >= 15 is 0 Å². The number of ether oxygens (including phenoxy) is 2. The Morgan fingerprint density at radius 3 is 2.16 bits per heavy atom. The molecule has 4 bridgehead atoms. The fraction of sp³-hybridized carbons (Fsp3) is 0.800. The molecule has 0 atom stereocenters. The maximum Gasteiger partial charge on any atom is 0.373 e. The number of aliphatic hydroxyl groups is 1. The molecule has 0 aromatic carbocycles. The summed E-state index contributed by atoms with van der Waals surface area (Å²) < 4.78 is 10.8. The molecule has 4 heteroatoms. The van der Waals surface area contributed by atoms with Gasteiger partial charge in [0, 0.05) is 0 Å². The summed E-state index contributed by atoms with van der Waals surface area (Å²) in [6, 6.07) is 0. The Morgan fingerprint density at radius 2 is 1.68 bits per heavy atom. The molecule has 4 aliphatic rings. The van der Waals surface area contributed by atoms with Crippen molar-refractivity contribution in [1.29, 1.82) is 0 Å². The molecular weight excluding hydrogens is 244 g/mol. The molecule has 4 saturated carbocycles. The molecule has 19 heavy (non-hydrogen) atoms. The number of carbonyl (C=O) groups is 1. The SMILES string of the molecule is C=C(OCCO)C(=O)OC12CC3CC(CC(C3)C1)C2. The lowest BCUT2D eigenvalue weighted by atomic mass is 9.54. The fourth-order valence-electron chi connectivity index (χ4n) is 4.64. The van der Waals surface area contributed by atoms with E-state index in [0.717, 1.165) is 37.0 Å². The monoisotopic (exact) mass is 266 g/mol. The van der Waals surface area contributed by atoms with Gasteiger partial charge in [0.25, 0.3) is 0 Å². The fourth-order valence-corrected chi connectivity index (χ4v) is 4.64. The Hall–Kier alpha value is -1.03. The van der Waals surface area contributed by atoms with E-state index in [0.29, 0.717) is 0 Å². The number of aliphatic hydroxyl groups excluding tert-OH is 1. The molecule has 0 spiro atoms. The lowest BCUT2D eigenvalue weighted by Crippen LogP contribution is -2.52. The summed E-state index contributed by atoms with van der Waals surface area (Å²) in [7, 11) is 0. The molecule has 4 nitrogen and oxygen atoms in total. The number of hydrogen-bond acceptors (Lipinski definition) is 4. The molecule has 4 aliphatic carbocycles. The topological polar surface area (TPSA) is 55.8 Å². The average molecular weight is 266 g/mol. The molecule has 0 aromatic rings. The summed E-state index contributed by atoms with van der Waals surface area (Å²) in [5.74, 6) is 1.79. The number of hydrogen-bond donors (Lipinski definition) is 1. The van der Waals surface area contributed by atoms with Crippen LogP contribution in [0, 0.1) is 17.8 Å². The molecule has 4 fully saturated rings. The predicted molar refractivity (Wildman–Crippen MR) is 69.2 cm³/mol. The van der Waals surface area contributed by atoms with Gasteiger partial charge in [0.2, 0.25) is 0 Å². The molecule has 0 unspecified atom stereocenters. The highest BCUT2D eigenvalue weighted by Gasteiger charge is 2.53. The van der Waals surface area contributed by atoms with Gasteiger partial charge in [0.1, 0.15) is 12.2 Å². The van der Waals surface area contributed by atoms with Crippen molar-refractivity contribution in [3.63, 3.8) is 0 Å². The van der Waals surface area contributed by atoms with Crippen LogP contribution in [0.4, 0.5) is 0 Å². The van der Waals surface area contributed by atoms with Gasteiger partial charge in [-0.25, -0.2) is 4.79 Å². The van der Waals surface area contributed by atoms with Crippen LogP contribution in [-0.4, -0.2) is 29.9 Å². The lowest BCUT2D eigenvalue weighted by Gasteiger charge is -2.55. The quantitative estimate of drug-likeness (QED) is 0.470. The van der Waals surface area contributed by atoms with Crippen LogP contribution in [0.3, 0.4) is 0 Å². The maximum atomic E-state index is 12.0. The highest BCUT2D eigenvalue weighted by molar-refractivity contribution is 5.85. The van der Waals surface area contributed by atoms with Gasteiger partial charge in [-0.15, -0.1) is 0 Å². The number of esters is 1. The van der Waals surface area contributed by atoms with Gasteiger partial charge >= 0.3 is 5.97 Å². The second kappa shape index (κ2) is 4.82. The van der Waals surface area contributed by atoms with E-state index in [4.69, 9.17) is 14.6 Å². The third-order valence-corrected chi connectivity index (χ3v) is 4.89. The van der Waals surface area contributed by atoms with E-state index in [9.17, 15) is 4.79 Å². The van der Waals surface area contributed by atoms with Crippen LogP contribution in [0.25, 0.3) is 0 Å². The van der Waals surface area contributed by atoms with Crippen molar-refractivity contribution in [2.75, 3.05) is 13.2 Å². The Labute approximate surface area is 113 Å². The van der Waals surface area contributed by atoms with Gasteiger partial charge in [0.05, 0.1) is 6.61 Å². The highest BCUT2D eigenvalue weighted by Crippen LogP contribution is 2.57. The molecule has 4 rings (SSSR count). The van der Waals surface area contributed by atoms with Gasteiger partial charge in [-0.1, -0.05) is 0 Å². The van der Waals surface area contributed by atoms with Crippen molar-refractivity contribution in [1.82, 2.24) is 0 Å². The average Bonchev–Trinajstić information content (AvgIpc) is 2.33. The molecule has 0 saturated heterocycles. The molecule has 0 aliphatic heterocycles. The third kappa shape index (κ3) is 2.50. The molecule has 0 amide bonds. The Morgan fingerprint density at radius 1 is 1.16 bits per heavy atom. The molecule has 106 valence electrons. The van der Waals surface area contributed by atoms with Crippen LogP contribution in [0.2, 0.25) is 0 Å². The van der Waals surface area contributed by atoms with E-state index in [1.54, 1.807) is 0 Å². The molecule has 0 radical (unpaired) electrons. The Bertz CT molecular complexity index is 352. The van der Waals surface area contributed by atoms with Gasteiger partial charge < -0.3 is 14.6 Å². The zero-order chi connectivity index (χ0) is 13.5. The molecular formula is C15H22O4. The minimum Gasteiger partial charge on any atom is -0.485 e. The summed E-state index contributed by atoms with van der Waals surface area (Å²) in [5, 5.41) is 8.68. The summed E-state index contributed by atoms with van der Waals surface area (Å²) in [4.78, 5) is 12.0. The van der Waals surface area contributed by atoms with Gasteiger partial charge in [-0.05, 0) is 62.9 Å².